The maximum absolute atomic E-state index is 13.2. The quantitative estimate of drug-likeness (QED) is 0.279. The van der Waals surface area contributed by atoms with Crippen LogP contribution in [0.4, 0.5) is 4.39 Å². The van der Waals surface area contributed by atoms with Crippen LogP contribution in [0.3, 0.4) is 0 Å². The van der Waals surface area contributed by atoms with Gasteiger partial charge in [0, 0.05) is 23.5 Å². The average molecular weight is 452 g/mol. The van der Waals surface area contributed by atoms with Crippen molar-refractivity contribution >= 4 is 23.6 Å². The third-order valence-corrected chi connectivity index (χ3v) is 6.38. The number of halogens is 1. The van der Waals surface area contributed by atoms with Crippen LogP contribution in [0, 0.1) is 31.5 Å². The topological polar surface area (TPSA) is 85.7 Å². The molecule has 0 radical (unpaired) electrons. The van der Waals surface area contributed by atoms with Gasteiger partial charge in [0.05, 0.1) is 11.8 Å². The molecule has 1 aliphatic heterocycles. The number of aromatic nitrogens is 1. The van der Waals surface area contributed by atoms with E-state index < -0.39 is 31.0 Å². The number of rotatable bonds is 7. The minimum atomic E-state index is -0.795. The van der Waals surface area contributed by atoms with E-state index in [1.165, 1.54) is 12.1 Å². The zero-order valence-electron chi connectivity index (χ0n) is 18.5. The molecule has 0 saturated carbocycles. The molecule has 2 unspecified atom stereocenters. The molecule has 4 rings (SSSR count). The highest BCUT2D eigenvalue weighted by atomic mass is 19.1. The van der Waals surface area contributed by atoms with Crippen LogP contribution in [0.2, 0.25) is 0 Å². The van der Waals surface area contributed by atoms with Gasteiger partial charge in [-0.2, -0.15) is 0 Å². The summed E-state index contributed by atoms with van der Waals surface area (Å²) in [5, 5.41) is 0. The number of ether oxygens (including phenoxy) is 1. The Morgan fingerprint density at radius 3 is 2.24 bits per heavy atom. The van der Waals surface area contributed by atoms with Crippen LogP contribution in [0.25, 0.3) is 0 Å². The van der Waals surface area contributed by atoms with E-state index in [4.69, 9.17) is 4.74 Å². The summed E-state index contributed by atoms with van der Waals surface area (Å²) in [7, 11) is 0. The molecule has 2 atom stereocenters. The van der Waals surface area contributed by atoms with Crippen molar-refractivity contribution in [3.8, 4) is 0 Å². The number of likely N-dealkylation sites (tertiary alicyclic amines) is 1. The van der Waals surface area contributed by atoms with Crippen LogP contribution in [0.1, 0.15) is 40.2 Å². The maximum Gasteiger partial charge on any atom is 0.326 e. The van der Waals surface area contributed by atoms with Crippen molar-refractivity contribution in [2.24, 2.45) is 11.8 Å². The van der Waals surface area contributed by atoms with E-state index in [2.05, 4.69) is 0 Å². The lowest BCUT2D eigenvalue weighted by atomic mass is 9.85. The van der Waals surface area contributed by atoms with Crippen molar-refractivity contribution in [3.63, 3.8) is 0 Å². The Bertz CT molecular complexity index is 1120. The molecule has 2 aromatic rings. The third-order valence-electron chi connectivity index (χ3n) is 6.38. The second-order valence-corrected chi connectivity index (χ2v) is 8.50. The van der Waals surface area contributed by atoms with Crippen LogP contribution in [0.5, 0.6) is 0 Å². The number of ketones is 1. The molecule has 2 amide bonds. The molecule has 1 saturated heterocycles. The van der Waals surface area contributed by atoms with Crippen molar-refractivity contribution in [1.82, 2.24) is 9.47 Å². The van der Waals surface area contributed by atoms with Crippen LogP contribution < -0.4 is 0 Å². The fraction of sp³-hybridized carbons (Fsp3) is 0.360. The van der Waals surface area contributed by atoms with Crippen molar-refractivity contribution in [2.45, 2.75) is 33.2 Å². The van der Waals surface area contributed by atoms with Crippen molar-refractivity contribution in [1.29, 1.82) is 0 Å². The standard InChI is InChI=1S/C25H25FN2O5/c1-15-11-21(16(2)27(15)12-17-7-9-18(26)10-8-17)22(29)14-33-23(30)13-28-24(31)19-5-3-4-6-20(19)25(28)32/h3-4,7-11,19-20H,5-6,12-14H2,1-2H3. The molecular formula is C25H25FN2O5. The Labute approximate surface area is 190 Å². The van der Waals surface area contributed by atoms with Gasteiger partial charge < -0.3 is 9.30 Å². The lowest BCUT2D eigenvalue weighted by Gasteiger charge is -2.14. The summed E-state index contributed by atoms with van der Waals surface area (Å²) >= 11 is 0. The van der Waals surface area contributed by atoms with Gasteiger partial charge in [0.1, 0.15) is 12.4 Å². The van der Waals surface area contributed by atoms with Crippen LogP contribution in [-0.4, -0.2) is 46.2 Å². The monoisotopic (exact) mass is 452 g/mol. The van der Waals surface area contributed by atoms with E-state index in [1.54, 1.807) is 25.1 Å². The first kappa shape index (κ1) is 22.6. The SMILES string of the molecule is Cc1cc(C(=O)COC(=O)CN2C(=O)C3CC=CCC3C2=O)c(C)n1Cc1ccc(F)cc1. The number of allylic oxidation sites excluding steroid dienone is 2. The summed E-state index contributed by atoms with van der Waals surface area (Å²) in [6.07, 6.45) is 4.73. The van der Waals surface area contributed by atoms with E-state index in [9.17, 15) is 23.6 Å². The minimum absolute atomic E-state index is 0.315. The van der Waals surface area contributed by atoms with Gasteiger partial charge in [-0.1, -0.05) is 24.3 Å². The number of esters is 1. The number of fused-ring (bicyclic) bond motifs is 1. The highest BCUT2D eigenvalue weighted by Gasteiger charge is 2.47. The molecule has 172 valence electrons. The smallest absolute Gasteiger partial charge is 0.326 e. The van der Waals surface area contributed by atoms with Crippen molar-refractivity contribution in [2.75, 3.05) is 13.2 Å². The Kier molecular flexibility index (Phi) is 6.26. The highest BCUT2D eigenvalue weighted by molar-refractivity contribution is 6.07. The molecule has 1 aliphatic carbocycles. The molecule has 8 heteroatoms. The van der Waals surface area contributed by atoms with Gasteiger partial charge >= 0.3 is 5.97 Å². The Morgan fingerprint density at radius 1 is 1.03 bits per heavy atom. The number of nitrogens with zero attached hydrogens (tertiary/aromatic N) is 2. The molecule has 7 nitrogen and oxygen atoms in total. The summed E-state index contributed by atoms with van der Waals surface area (Å²) in [5.74, 6) is -3.03. The van der Waals surface area contributed by atoms with E-state index in [0.717, 1.165) is 16.2 Å². The number of hydrogen-bond acceptors (Lipinski definition) is 5. The molecule has 33 heavy (non-hydrogen) atoms. The molecule has 0 spiro atoms. The average Bonchev–Trinajstić information content (AvgIpc) is 3.22. The van der Waals surface area contributed by atoms with Gasteiger partial charge in [-0.15, -0.1) is 0 Å². The van der Waals surface area contributed by atoms with Gasteiger partial charge in [-0.3, -0.25) is 24.1 Å². The van der Waals surface area contributed by atoms with E-state index in [1.807, 2.05) is 23.6 Å². The molecule has 2 aliphatic rings. The molecule has 1 aromatic carbocycles. The van der Waals surface area contributed by atoms with Crippen LogP contribution >= 0.6 is 0 Å². The zero-order chi connectivity index (χ0) is 23.7. The summed E-state index contributed by atoms with van der Waals surface area (Å²) in [6, 6.07) is 7.86. The minimum Gasteiger partial charge on any atom is -0.456 e. The maximum atomic E-state index is 13.2. The summed E-state index contributed by atoms with van der Waals surface area (Å²) < 4.78 is 20.2. The van der Waals surface area contributed by atoms with Gasteiger partial charge in [0.15, 0.2) is 6.61 Å². The normalized spacial score (nSPS) is 19.7. The number of carbonyl (C=O) groups is 4. The van der Waals surface area contributed by atoms with Crippen molar-refractivity contribution in [3.05, 3.63) is 70.8 Å². The van der Waals surface area contributed by atoms with Crippen LogP contribution in [-0.2, 0) is 25.7 Å². The van der Waals surface area contributed by atoms with Gasteiger partial charge in [-0.05, 0) is 50.5 Å². The molecular weight excluding hydrogens is 427 g/mol. The second kappa shape index (κ2) is 9.13. The first-order chi connectivity index (χ1) is 15.8. The predicted molar refractivity (Wildman–Crippen MR) is 117 cm³/mol. The van der Waals surface area contributed by atoms with E-state index in [0.29, 0.717) is 30.6 Å². The lowest BCUT2D eigenvalue weighted by molar-refractivity contribution is -0.152. The number of aryl methyl sites for hydroxylation is 1. The predicted octanol–water partition coefficient (Wildman–Crippen LogP) is 2.97. The van der Waals surface area contributed by atoms with E-state index >= 15 is 0 Å². The Morgan fingerprint density at radius 2 is 1.64 bits per heavy atom. The molecule has 0 bridgehead atoms. The Balaban J connectivity index is 1.36. The fourth-order valence-electron chi connectivity index (χ4n) is 4.52. The first-order valence-electron chi connectivity index (χ1n) is 10.9. The van der Waals surface area contributed by atoms with E-state index in [-0.39, 0.29) is 23.4 Å². The summed E-state index contributed by atoms with van der Waals surface area (Å²) in [5.41, 5.74) is 2.86. The Hall–Kier alpha value is -3.55. The number of imide groups is 1. The fourth-order valence-corrected chi connectivity index (χ4v) is 4.52. The highest BCUT2D eigenvalue weighted by Crippen LogP contribution is 2.34. The van der Waals surface area contributed by atoms with Gasteiger partial charge in [0.2, 0.25) is 17.6 Å². The van der Waals surface area contributed by atoms with Crippen LogP contribution in [0.15, 0.2) is 42.5 Å². The number of amides is 2. The lowest BCUT2D eigenvalue weighted by Crippen LogP contribution is -2.37. The van der Waals surface area contributed by atoms with Crippen molar-refractivity contribution < 1.29 is 28.3 Å². The first-order valence-corrected chi connectivity index (χ1v) is 10.9. The second-order valence-electron chi connectivity index (χ2n) is 8.50. The number of Topliss-reactive ketones (excluding diaryl/α,β-unsaturated/α-hetero) is 1. The van der Waals surface area contributed by atoms with Gasteiger partial charge in [-0.25, -0.2) is 4.39 Å². The zero-order valence-corrected chi connectivity index (χ0v) is 18.5. The summed E-state index contributed by atoms with van der Waals surface area (Å²) in [4.78, 5) is 50.9. The number of hydrogen-bond donors (Lipinski definition) is 0. The number of benzene rings is 1. The summed E-state index contributed by atoms with van der Waals surface area (Å²) in [6.45, 7) is 3.16. The molecule has 1 aromatic heterocycles. The molecule has 2 heterocycles. The third kappa shape index (κ3) is 4.51. The van der Waals surface area contributed by atoms with Gasteiger partial charge in [0.25, 0.3) is 0 Å². The molecule has 0 N–H and O–H groups in total. The molecule has 1 fully saturated rings. The number of carbonyl (C=O) groups excluding carboxylic acids is 4. The largest absolute Gasteiger partial charge is 0.456 e.